The Bertz CT molecular complexity index is 938. The Kier molecular flexibility index (Phi) is 8.55. The van der Waals surface area contributed by atoms with E-state index in [1.165, 1.54) is 0 Å². The second-order valence-corrected chi connectivity index (χ2v) is 8.73. The van der Waals surface area contributed by atoms with Gasteiger partial charge in [-0.3, -0.25) is 4.90 Å². The molecule has 1 unspecified atom stereocenters. The summed E-state index contributed by atoms with van der Waals surface area (Å²) in [7, 11) is -4.31. The zero-order valence-electron chi connectivity index (χ0n) is 15.7. The van der Waals surface area contributed by atoms with Gasteiger partial charge in [0.1, 0.15) is 4.90 Å². The predicted molar refractivity (Wildman–Crippen MR) is 110 cm³/mol. The topological polar surface area (TPSA) is 58.6 Å². The molecule has 0 saturated carbocycles. The molecule has 0 spiro atoms. The van der Waals surface area contributed by atoms with Gasteiger partial charge in [0.2, 0.25) is 10.0 Å². The highest BCUT2D eigenvalue weighted by Crippen LogP contribution is 2.33. The Balaban J connectivity index is 0.00000320. The van der Waals surface area contributed by atoms with Gasteiger partial charge in [-0.25, -0.2) is 13.1 Å². The summed E-state index contributed by atoms with van der Waals surface area (Å²) in [5.41, 5.74) is -0.377. The number of nitrogens with zero attached hydrogens (tertiary/aromatic N) is 1. The Morgan fingerprint density at radius 2 is 1.73 bits per heavy atom. The van der Waals surface area contributed by atoms with E-state index in [0.717, 1.165) is 12.1 Å². The van der Waals surface area contributed by atoms with Gasteiger partial charge in [-0.1, -0.05) is 41.9 Å². The van der Waals surface area contributed by atoms with Crippen LogP contribution in [0.5, 0.6) is 0 Å². The minimum Gasteiger partial charge on any atom is -0.379 e. The first-order chi connectivity index (χ1) is 13.7. The Morgan fingerprint density at radius 1 is 1.10 bits per heavy atom. The molecule has 30 heavy (non-hydrogen) atoms. The summed E-state index contributed by atoms with van der Waals surface area (Å²) in [6, 6.07) is 10.5. The van der Waals surface area contributed by atoms with Crippen molar-refractivity contribution in [2.75, 3.05) is 32.8 Å². The number of alkyl halides is 3. The molecule has 1 N–H and O–H groups in total. The third-order valence-electron chi connectivity index (χ3n) is 4.59. The van der Waals surface area contributed by atoms with Crippen LogP contribution in [0.4, 0.5) is 13.2 Å². The van der Waals surface area contributed by atoms with Crippen molar-refractivity contribution in [3.63, 3.8) is 0 Å². The first-order valence-corrected chi connectivity index (χ1v) is 10.8. The van der Waals surface area contributed by atoms with Gasteiger partial charge in [0, 0.05) is 19.6 Å². The predicted octanol–water partition coefficient (Wildman–Crippen LogP) is 4.13. The second kappa shape index (κ2) is 10.3. The van der Waals surface area contributed by atoms with Crippen molar-refractivity contribution in [2.24, 2.45) is 0 Å². The molecule has 166 valence electrons. The van der Waals surface area contributed by atoms with Crippen molar-refractivity contribution < 1.29 is 26.3 Å². The van der Waals surface area contributed by atoms with E-state index < -0.39 is 32.7 Å². The molecule has 0 aromatic heterocycles. The molecule has 1 aliphatic heterocycles. The number of rotatable bonds is 6. The molecule has 3 rings (SSSR count). The fourth-order valence-electron chi connectivity index (χ4n) is 3.07. The molecule has 0 aliphatic carbocycles. The third kappa shape index (κ3) is 6.32. The van der Waals surface area contributed by atoms with E-state index in [0.29, 0.717) is 44.5 Å². The van der Waals surface area contributed by atoms with Crippen molar-refractivity contribution in [3.8, 4) is 0 Å². The van der Waals surface area contributed by atoms with Gasteiger partial charge in [-0.15, -0.1) is 12.4 Å². The highest BCUT2D eigenvalue weighted by Gasteiger charge is 2.33. The normalized spacial score (nSPS) is 16.7. The zero-order chi connectivity index (χ0) is 21.1. The van der Waals surface area contributed by atoms with Crippen molar-refractivity contribution >= 4 is 34.0 Å². The fraction of sp³-hybridized carbons (Fsp3) is 0.368. The van der Waals surface area contributed by atoms with E-state index in [1.807, 2.05) is 4.90 Å². The lowest BCUT2D eigenvalue weighted by atomic mass is 10.1. The van der Waals surface area contributed by atoms with Crippen molar-refractivity contribution in [1.82, 2.24) is 9.62 Å². The van der Waals surface area contributed by atoms with Crippen LogP contribution in [0, 0.1) is 0 Å². The first-order valence-electron chi connectivity index (χ1n) is 8.91. The van der Waals surface area contributed by atoms with Gasteiger partial charge < -0.3 is 4.74 Å². The number of morpholine rings is 1. The average Bonchev–Trinajstić information content (AvgIpc) is 2.68. The molecule has 2 aromatic carbocycles. The zero-order valence-corrected chi connectivity index (χ0v) is 18.1. The largest absolute Gasteiger partial charge is 0.416 e. The lowest BCUT2D eigenvalue weighted by Crippen LogP contribution is -2.43. The highest BCUT2D eigenvalue weighted by atomic mass is 35.5. The fourth-order valence-corrected chi connectivity index (χ4v) is 4.82. The number of benzene rings is 2. The first kappa shape index (κ1) is 24.9. The average molecular weight is 485 g/mol. The van der Waals surface area contributed by atoms with Crippen LogP contribution in [0.15, 0.2) is 53.4 Å². The highest BCUT2D eigenvalue weighted by molar-refractivity contribution is 7.89. The van der Waals surface area contributed by atoms with Crippen molar-refractivity contribution in [1.29, 1.82) is 0 Å². The van der Waals surface area contributed by atoms with Crippen LogP contribution in [-0.4, -0.2) is 46.2 Å². The summed E-state index contributed by atoms with van der Waals surface area (Å²) in [5.74, 6) is 0. The molecular weight excluding hydrogens is 464 g/mol. The molecule has 11 heteroatoms. The van der Waals surface area contributed by atoms with Crippen LogP contribution in [-0.2, 0) is 20.9 Å². The number of ether oxygens (including phenoxy) is 1. The molecule has 1 saturated heterocycles. The Hall–Kier alpha value is -1.36. The van der Waals surface area contributed by atoms with E-state index in [4.69, 9.17) is 16.3 Å². The van der Waals surface area contributed by atoms with Crippen LogP contribution >= 0.6 is 24.0 Å². The van der Waals surface area contributed by atoms with Gasteiger partial charge >= 0.3 is 6.18 Å². The minimum absolute atomic E-state index is 0. The number of halogens is 5. The van der Waals surface area contributed by atoms with Gasteiger partial charge in [-0.05, 0) is 23.8 Å². The standard InChI is InChI=1S/C19H20ClF3N2O3S.ClH/c20-16-7-6-15(19(21,22)23)12-18(16)29(26,27)24-17(14-4-2-1-3-5-14)13-25-8-10-28-11-9-25;/h1-7,12,17,24H,8-11,13H2;1H. The molecule has 1 heterocycles. The Labute approximate surface area is 184 Å². The lowest BCUT2D eigenvalue weighted by molar-refractivity contribution is -0.137. The molecule has 1 atom stereocenters. The van der Waals surface area contributed by atoms with E-state index >= 15 is 0 Å². The smallest absolute Gasteiger partial charge is 0.379 e. The second-order valence-electron chi connectivity index (χ2n) is 6.64. The maximum absolute atomic E-state index is 13.0. The summed E-state index contributed by atoms with van der Waals surface area (Å²) in [6.45, 7) is 2.69. The third-order valence-corrected chi connectivity index (χ3v) is 6.55. The number of hydrogen-bond donors (Lipinski definition) is 1. The van der Waals surface area contributed by atoms with Crippen molar-refractivity contribution in [2.45, 2.75) is 17.1 Å². The van der Waals surface area contributed by atoms with Gasteiger partial charge in [0.05, 0.1) is 29.8 Å². The van der Waals surface area contributed by atoms with Gasteiger partial charge in [0.15, 0.2) is 0 Å². The molecule has 1 fully saturated rings. The van der Waals surface area contributed by atoms with Crippen LogP contribution in [0.25, 0.3) is 0 Å². The summed E-state index contributed by atoms with van der Waals surface area (Å²) in [6.07, 6.45) is -4.68. The minimum atomic E-state index is -4.68. The number of nitrogens with one attached hydrogen (secondary N) is 1. The molecule has 5 nitrogen and oxygen atoms in total. The maximum Gasteiger partial charge on any atom is 0.416 e. The molecule has 0 bridgehead atoms. The number of hydrogen-bond acceptors (Lipinski definition) is 4. The molecule has 0 radical (unpaired) electrons. The Morgan fingerprint density at radius 3 is 2.33 bits per heavy atom. The summed E-state index contributed by atoms with van der Waals surface area (Å²) in [5, 5.41) is -0.274. The summed E-state index contributed by atoms with van der Waals surface area (Å²) >= 11 is 5.94. The molecular formula is C19H21Cl2F3N2O3S. The van der Waals surface area contributed by atoms with Crippen LogP contribution in [0.2, 0.25) is 5.02 Å². The molecule has 2 aromatic rings. The lowest BCUT2D eigenvalue weighted by Gasteiger charge is -2.31. The van der Waals surface area contributed by atoms with E-state index in [9.17, 15) is 21.6 Å². The maximum atomic E-state index is 13.0. The molecule has 1 aliphatic rings. The quantitative estimate of drug-likeness (QED) is 0.669. The van der Waals surface area contributed by atoms with E-state index in [-0.39, 0.29) is 17.4 Å². The van der Waals surface area contributed by atoms with E-state index in [1.54, 1.807) is 30.3 Å². The van der Waals surface area contributed by atoms with Gasteiger partial charge in [0.25, 0.3) is 0 Å². The number of sulfonamides is 1. The molecule has 0 amide bonds. The van der Waals surface area contributed by atoms with Gasteiger partial charge in [-0.2, -0.15) is 13.2 Å². The summed E-state index contributed by atoms with van der Waals surface area (Å²) in [4.78, 5) is 1.44. The summed E-state index contributed by atoms with van der Waals surface area (Å²) < 4.78 is 72.9. The monoisotopic (exact) mass is 484 g/mol. The van der Waals surface area contributed by atoms with E-state index in [2.05, 4.69) is 4.72 Å². The van der Waals surface area contributed by atoms with Crippen LogP contribution in [0.3, 0.4) is 0 Å². The van der Waals surface area contributed by atoms with Crippen LogP contribution < -0.4 is 4.72 Å². The SMILES string of the molecule is Cl.O=S(=O)(NC(CN1CCOCC1)c1ccccc1)c1cc(C(F)(F)F)ccc1Cl. The van der Waals surface area contributed by atoms with Crippen molar-refractivity contribution in [3.05, 3.63) is 64.7 Å². The van der Waals surface area contributed by atoms with Crippen LogP contribution in [0.1, 0.15) is 17.2 Å².